The quantitative estimate of drug-likeness (QED) is 0.886. The van der Waals surface area contributed by atoms with Gasteiger partial charge in [-0.25, -0.2) is 0 Å². The molecule has 0 aliphatic carbocycles. The van der Waals surface area contributed by atoms with E-state index < -0.39 is 0 Å². The van der Waals surface area contributed by atoms with Crippen molar-refractivity contribution in [2.75, 3.05) is 6.54 Å². The van der Waals surface area contributed by atoms with Crippen molar-refractivity contribution < 1.29 is 4.79 Å². The Morgan fingerprint density at radius 3 is 2.29 bits per heavy atom. The van der Waals surface area contributed by atoms with E-state index in [1.807, 2.05) is 31.2 Å². The number of hydrogen-bond acceptors (Lipinski definition) is 3. The van der Waals surface area contributed by atoms with E-state index in [4.69, 9.17) is 5.73 Å². The molecule has 1 aromatic carbocycles. The van der Waals surface area contributed by atoms with Crippen LogP contribution in [0.4, 0.5) is 0 Å². The fourth-order valence-electron chi connectivity index (χ4n) is 2.09. The Morgan fingerprint density at radius 1 is 1.14 bits per heavy atom. The van der Waals surface area contributed by atoms with Gasteiger partial charge in [-0.3, -0.25) is 4.79 Å². The zero-order valence-corrected chi connectivity index (χ0v) is 13.5. The van der Waals surface area contributed by atoms with Crippen molar-refractivity contribution in [3.05, 3.63) is 57.3 Å². The van der Waals surface area contributed by atoms with E-state index in [1.54, 1.807) is 0 Å². The number of hydrogen-bond donors (Lipinski definition) is 2. The van der Waals surface area contributed by atoms with Crippen molar-refractivity contribution in [2.24, 2.45) is 5.73 Å². The van der Waals surface area contributed by atoms with Crippen LogP contribution in [0.1, 0.15) is 51.5 Å². The molecule has 0 saturated carbocycles. The average Bonchev–Trinajstić information content (AvgIpc) is 2.91. The fourth-order valence-corrected chi connectivity index (χ4v) is 2.88. The van der Waals surface area contributed by atoms with Gasteiger partial charge in [0.15, 0.2) is 0 Å². The van der Waals surface area contributed by atoms with Gasteiger partial charge in [0.05, 0.1) is 4.88 Å². The maximum Gasteiger partial charge on any atom is 0.261 e. The van der Waals surface area contributed by atoms with E-state index in [-0.39, 0.29) is 11.9 Å². The third-order valence-electron chi connectivity index (χ3n) is 3.48. The largest absolute Gasteiger partial charge is 0.349 e. The first-order valence-electron chi connectivity index (χ1n) is 7.17. The highest BCUT2D eigenvalue weighted by molar-refractivity contribution is 7.13. The molecule has 0 fully saturated rings. The number of thiophene rings is 1. The smallest absolute Gasteiger partial charge is 0.261 e. The summed E-state index contributed by atoms with van der Waals surface area (Å²) in [6.07, 6.45) is 0. The normalized spacial score (nSPS) is 12.4. The lowest BCUT2D eigenvalue weighted by molar-refractivity contribution is 0.0955. The molecule has 0 radical (unpaired) electrons. The first-order chi connectivity index (χ1) is 9.97. The summed E-state index contributed by atoms with van der Waals surface area (Å²) >= 11 is 1.50. The van der Waals surface area contributed by atoms with Gasteiger partial charge >= 0.3 is 0 Å². The van der Waals surface area contributed by atoms with Gasteiger partial charge in [-0.15, -0.1) is 11.3 Å². The number of carbonyl (C=O) groups excluding carboxylic acids is 1. The van der Waals surface area contributed by atoms with E-state index in [2.05, 4.69) is 31.3 Å². The summed E-state index contributed by atoms with van der Waals surface area (Å²) < 4.78 is 0. The minimum absolute atomic E-state index is 0.0534. The second-order valence-electron chi connectivity index (χ2n) is 5.55. The number of amides is 1. The number of aryl methyl sites for hydroxylation is 1. The predicted molar refractivity (Wildman–Crippen MR) is 88.8 cm³/mol. The highest BCUT2D eigenvalue weighted by atomic mass is 32.1. The number of rotatable bonds is 5. The molecule has 1 unspecified atom stereocenters. The van der Waals surface area contributed by atoms with Gasteiger partial charge in [0.2, 0.25) is 0 Å². The van der Waals surface area contributed by atoms with E-state index in [0.717, 1.165) is 15.3 Å². The number of benzene rings is 1. The van der Waals surface area contributed by atoms with Crippen LogP contribution in [0.25, 0.3) is 0 Å². The summed E-state index contributed by atoms with van der Waals surface area (Å²) in [7, 11) is 0. The third-order valence-corrected chi connectivity index (χ3v) is 4.48. The highest BCUT2D eigenvalue weighted by Gasteiger charge is 2.11. The molecular formula is C17H22N2OS. The lowest BCUT2D eigenvalue weighted by Crippen LogP contribution is -2.31. The van der Waals surface area contributed by atoms with Crippen LogP contribution >= 0.6 is 11.3 Å². The highest BCUT2D eigenvalue weighted by Crippen LogP contribution is 2.18. The van der Waals surface area contributed by atoms with Gasteiger partial charge < -0.3 is 11.1 Å². The molecule has 3 nitrogen and oxygen atoms in total. The molecule has 1 atom stereocenters. The molecule has 0 bridgehead atoms. The zero-order chi connectivity index (χ0) is 15.4. The monoisotopic (exact) mass is 302 g/mol. The minimum atomic E-state index is -0.184. The Bertz CT molecular complexity index is 602. The Hall–Kier alpha value is -1.65. The van der Waals surface area contributed by atoms with Gasteiger partial charge in [0, 0.05) is 17.5 Å². The second-order valence-corrected chi connectivity index (χ2v) is 6.84. The van der Waals surface area contributed by atoms with Gasteiger partial charge in [-0.05, 0) is 36.1 Å². The van der Waals surface area contributed by atoms with Crippen LogP contribution in [0.2, 0.25) is 0 Å². The molecule has 0 spiro atoms. The second kappa shape index (κ2) is 6.87. The van der Waals surface area contributed by atoms with Crippen LogP contribution in [0.5, 0.6) is 0 Å². The molecule has 2 rings (SSSR count). The van der Waals surface area contributed by atoms with E-state index in [1.165, 1.54) is 16.9 Å². The van der Waals surface area contributed by atoms with Crippen LogP contribution in [0.15, 0.2) is 36.4 Å². The van der Waals surface area contributed by atoms with Crippen LogP contribution in [0.3, 0.4) is 0 Å². The van der Waals surface area contributed by atoms with Crippen molar-refractivity contribution in [1.29, 1.82) is 0 Å². The van der Waals surface area contributed by atoms with Crippen LogP contribution < -0.4 is 11.1 Å². The summed E-state index contributed by atoms with van der Waals surface area (Å²) in [5.74, 6) is 0.458. The summed E-state index contributed by atoms with van der Waals surface area (Å²) in [5.41, 5.74) is 8.48. The molecular weight excluding hydrogens is 280 g/mol. The Labute approximate surface area is 130 Å². The third kappa shape index (κ3) is 4.16. The zero-order valence-electron chi connectivity index (χ0n) is 12.7. The summed E-state index contributed by atoms with van der Waals surface area (Å²) in [5, 5.41) is 2.89. The lowest BCUT2D eigenvalue weighted by atomic mass is 9.99. The fraction of sp³-hybridized carbons (Fsp3) is 0.353. The summed E-state index contributed by atoms with van der Waals surface area (Å²) in [6, 6.07) is 11.9. The van der Waals surface area contributed by atoms with Crippen LogP contribution in [0, 0.1) is 6.92 Å². The van der Waals surface area contributed by atoms with Crippen molar-refractivity contribution in [2.45, 2.75) is 32.7 Å². The standard InChI is InChI=1S/C17H22N2OS/c1-11(2)13-5-7-14(8-6-13)15(18)10-19-17(20)16-9-4-12(3)21-16/h4-9,11,15H,10,18H2,1-3H3,(H,19,20). The molecule has 0 aliphatic rings. The molecule has 1 heterocycles. The van der Waals surface area contributed by atoms with Gasteiger partial charge in [0.1, 0.15) is 0 Å². The first kappa shape index (κ1) is 15.7. The number of nitrogens with two attached hydrogens (primary N) is 1. The van der Waals surface area contributed by atoms with Crippen molar-refractivity contribution in [3.63, 3.8) is 0 Å². The minimum Gasteiger partial charge on any atom is -0.349 e. The number of carbonyl (C=O) groups is 1. The van der Waals surface area contributed by atoms with Crippen molar-refractivity contribution in [3.8, 4) is 0 Å². The Morgan fingerprint density at radius 2 is 1.76 bits per heavy atom. The van der Waals surface area contributed by atoms with Gasteiger partial charge in [-0.2, -0.15) is 0 Å². The molecule has 21 heavy (non-hydrogen) atoms. The summed E-state index contributed by atoms with van der Waals surface area (Å²) in [4.78, 5) is 13.8. The predicted octanol–water partition coefficient (Wildman–Crippen LogP) is 3.61. The lowest BCUT2D eigenvalue weighted by Gasteiger charge is -2.14. The number of nitrogens with one attached hydrogen (secondary N) is 1. The topological polar surface area (TPSA) is 55.1 Å². The summed E-state index contributed by atoms with van der Waals surface area (Å²) in [6.45, 7) is 6.76. The van der Waals surface area contributed by atoms with Gasteiger partial charge in [0.25, 0.3) is 5.91 Å². The maximum absolute atomic E-state index is 12.0. The molecule has 2 aromatic rings. The molecule has 0 saturated heterocycles. The van der Waals surface area contributed by atoms with E-state index >= 15 is 0 Å². The Balaban J connectivity index is 1.92. The Kier molecular flexibility index (Phi) is 5.15. The van der Waals surface area contributed by atoms with Crippen LogP contribution in [-0.2, 0) is 0 Å². The molecule has 112 valence electrons. The molecule has 0 aliphatic heterocycles. The van der Waals surface area contributed by atoms with E-state index in [9.17, 15) is 4.79 Å². The SMILES string of the molecule is Cc1ccc(C(=O)NCC(N)c2ccc(C(C)C)cc2)s1. The molecule has 4 heteroatoms. The maximum atomic E-state index is 12.0. The average molecular weight is 302 g/mol. The van der Waals surface area contributed by atoms with E-state index in [0.29, 0.717) is 12.5 Å². The van der Waals surface area contributed by atoms with Gasteiger partial charge in [-0.1, -0.05) is 38.1 Å². The van der Waals surface area contributed by atoms with Crippen molar-refractivity contribution in [1.82, 2.24) is 5.32 Å². The molecule has 1 aromatic heterocycles. The van der Waals surface area contributed by atoms with Crippen molar-refractivity contribution >= 4 is 17.2 Å². The molecule has 3 N–H and O–H groups in total. The molecule has 1 amide bonds. The first-order valence-corrected chi connectivity index (χ1v) is 7.99. The van der Waals surface area contributed by atoms with Crippen LogP contribution in [-0.4, -0.2) is 12.5 Å².